The summed E-state index contributed by atoms with van der Waals surface area (Å²) in [7, 11) is 0. The summed E-state index contributed by atoms with van der Waals surface area (Å²) in [6.45, 7) is 1.91. The van der Waals surface area contributed by atoms with Crippen LogP contribution >= 0.6 is 34.9 Å². The zero-order valence-corrected chi connectivity index (χ0v) is 15.2. The van der Waals surface area contributed by atoms with Gasteiger partial charge in [-0.25, -0.2) is 4.98 Å². The fourth-order valence-electron chi connectivity index (χ4n) is 2.12. The molecule has 0 unspecified atom stereocenters. The molecule has 1 amide bonds. The minimum absolute atomic E-state index is 0.0666. The highest BCUT2D eigenvalue weighted by molar-refractivity contribution is 8.03. The van der Waals surface area contributed by atoms with Gasteiger partial charge in [0.1, 0.15) is 5.40 Å². The molecule has 0 saturated carbocycles. The van der Waals surface area contributed by atoms with Gasteiger partial charge in [0.25, 0.3) is 0 Å². The summed E-state index contributed by atoms with van der Waals surface area (Å²) in [5.74, 6) is 0.247. The van der Waals surface area contributed by atoms with E-state index in [1.807, 2.05) is 54.8 Å². The number of hydrogen-bond donors (Lipinski definition) is 1. The highest BCUT2D eigenvalue weighted by atomic mass is 32.2. The number of thiocyanates is 1. The van der Waals surface area contributed by atoms with Crippen LogP contribution in [0.3, 0.4) is 0 Å². The predicted molar refractivity (Wildman–Crippen MR) is 102 cm³/mol. The van der Waals surface area contributed by atoms with Gasteiger partial charge >= 0.3 is 0 Å². The molecule has 0 radical (unpaired) electrons. The summed E-state index contributed by atoms with van der Waals surface area (Å²) in [5, 5.41) is 13.6. The number of benzene rings is 2. The second-order valence-electron chi connectivity index (χ2n) is 4.95. The third-order valence-electron chi connectivity index (χ3n) is 3.24. The van der Waals surface area contributed by atoms with Crippen molar-refractivity contribution in [1.82, 2.24) is 4.98 Å². The monoisotopic (exact) mass is 371 g/mol. The van der Waals surface area contributed by atoms with Gasteiger partial charge in [-0.3, -0.25) is 4.79 Å². The number of fused-ring (bicyclic) bond motifs is 1. The smallest absolute Gasteiger partial charge is 0.234 e. The standard InChI is InChI=1S/C17H13N3OS3/c1-11-8-12(23-10-18)6-7-13(11)19-16(21)9-22-17-20-14-4-2-3-5-15(14)24-17/h2-8H,9H2,1H3,(H,19,21). The van der Waals surface area contributed by atoms with Crippen molar-refractivity contribution in [2.75, 3.05) is 11.1 Å². The minimum Gasteiger partial charge on any atom is -0.325 e. The molecule has 0 atom stereocenters. The maximum atomic E-state index is 12.2. The first-order valence-electron chi connectivity index (χ1n) is 7.10. The van der Waals surface area contributed by atoms with Gasteiger partial charge in [-0.15, -0.1) is 11.3 Å². The van der Waals surface area contributed by atoms with Crippen LogP contribution in [0, 0.1) is 17.6 Å². The fraction of sp³-hybridized carbons (Fsp3) is 0.118. The van der Waals surface area contributed by atoms with Gasteiger partial charge < -0.3 is 5.32 Å². The van der Waals surface area contributed by atoms with Crippen molar-refractivity contribution < 1.29 is 4.79 Å². The van der Waals surface area contributed by atoms with Gasteiger partial charge in [0.2, 0.25) is 5.91 Å². The number of thiazole rings is 1. The summed E-state index contributed by atoms with van der Waals surface area (Å²) in [6.07, 6.45) is 0. The van der Waals surface area contributed by atoms with Crippen molar-refractivity contribution in [3.63, 3.8) is 0 Å². The number of carbonyl (C=O) groups is 1. The first kappa shape index (κ1) is 16.8. The zero-order valence-electron chi connectivity index (χ0n) is 12.8. The lowest BCUT2D eigenvalue weighted by molar-refractivity contribution is -0.113. The van der Waals surface area contributed by atoms with Crippen LogP contribution in [0.5, 0.6) is 0 Å². The molecule has 0 aliphatic carbocycles. The molecule has 1 N–H and O–H groups in total. The Morgan fingerprint density at radius 2 is 2.17 bits per heavy atom. The molecule has 0 aliphatic heterocycles. The van der Waals surface area contributed by atoms with Crippen molar-refractivity contribution in [3.8, 4) is 5.40 Å². The molecule has 24 heavy (non-hydrogen) atoms. The van der Waals surface area contributed by atoms with E-state index in [0.29, 0.717) is 5.75 Å². The lowest BCUT2D eigenvalue weighted by atomic mass is 10.2. The molecule has 1 heterocycles. The molecule has 0 fully saturated rings. The van der Waals surface area contributed by atoms with Gasteiger partial charge in [0, 0.05) is 10.6 Å². The number of thioether (sulfide) groups is 2. The average molecular weight is 372 g/mol. The minimum atomic E-state index is -0.0666. The summed E-state index contributed by atoms with van der Waals surface area (Å²) >= 11 is 4.14. The highest BCUT2D eigenvalue weighted by Gasteiger charge is 2.09. The Balaban J connectivity index is 1.60. The van der Waals surface area contributed by atoms with Crippen LogP contribution in [-0.4, -0.2) is 16.6 Å². The Morgan fingerprint density at radius 3 is 2.92 bits per heavy atom. The van der Waals surface area contributed by atoms with Gasteiger partial charge in [-0.2, -0.15) is 5.26 Å². The van der Waals surface area contributed by atoms with Crippen molar-refractivity contribution in [2.24, 2.45) is 0 Å². The van der Waals surface area contributed by atoms with Crippen molar-refractivity contribution >= 4 is 56.7 Å². The Hall–Kier alpha value is -2.01. The molecule has 7 heteroatoms. The first-order valence-corrected chi connectivity index (χ1v) is 9.72. The second-order valence-corrected chi connectivity index (χ2v) is 8.07. The zero-order chi connectivity index (χ0) is 16.9. The molecule has 0 bridgehead atoms. The molecule has 3 rings (SSSR count). The number of carbonyl (C=O) groups excluding carboxylic acids is 1. The van der Waals surface area contributed by atoms with E-state index in [1.54, 1.807) is 11.3 Å². The number of rotatable bonds is 5. The summed E-state index contributed by atoms with van der Waals surface area (Å²) in [6, 6.07) is 13.5. The van der Waals surface area contributed by atoms with E-state index in [2.05, 4.69) is 10.3 Å². The van der Waals surface area contributed by atoms with Crippen LogP contribution < -0.4 is 5.32 Å². The van der Waals surface area contributed by atoms with Crippen LogP contribution in [0.2, 0.25) is 0 Å². The molecular weight excluding hydrogens is 358 g/mol. The molecule has 3 aromatic rings. The Bertz CT molecular complexity index is 897. The number of aromatic nitrogens is 1. The molecule has 0 aliphatic rings. The molecule has 0 saturated heterocycles. The number of hydrogen-bond acceptors (Lipinski definition) is 6. The average Bonchev–Trinajstić information content (AvgIpc) is 2.99. The maximum Gasteiger partial charge on any atom is 0.234 e. The van der Waals surface area contributed by atoms with Gasteiger partial charge in [-0.05, 0) is 54.6 Å². The molecule has 2 aromatic carbocycles. The summed E-state index contributed by atoms with van der Waals surface area (Å²) in [5.41, 5.74) is 2.67. The number of amides is 1. The van der Waals surface area contributed by atoms with Crippen LogP contribution in [0.25, 0.3) is 10.2 Å². The predicted octanol–water partition coefficient (Wildman–Crippen LogP) is 4.91. The normalized spacial score (nSPS) is 10.5. The Kier molecular flexibility index (Phi) is 5.41. The molecule has 120 valence electrons. The number of nitrogens with one attached hydrogen (secondary N) is 1. The lowest BCUT2D eigenvalue weighted by Gasteiger charge is -2.08. The Morgan fingerprint density at radius 1 is 1.33 bits per heavy atom. The number of anilines is 1. The van der Waals surface area contributed by atoms with Crippen LogP contribution in [0.15, 0.2) is 51.7 Å². The number of para-hydroxylation sites is 1. The summed E-state index contributed by atoms with van der Waals surface area (Å²) in [4.78, 5) is 17.5. The topological polar surface area (TPSA) is 65.8 Å². The largest absolute Gasteiger partial charge is 0.325 e. The van der Waals surface area contributed by atoms with E-state index >= 15 is 0 Å². The van der Waals surface area contributed by atoms with Crippen LogP contribution in [-0.2, 0) is 4.79 Å². The van der Waals surface area contributed by atoms with Gasteiger partial charge in [-0.1, -0.05) is 23.9 Å². The van der Waals surface area contributed by atoms with E-state index in [9.17, 15) is 4.79 Å². The SMILES string of the molecule is Cc1cc(SC#N)ccc1NC(=O)CSc1nc2ccccc2s1. The Labute approximate surface area is 152 Å². The lowest BCUT2D eigenvalue weighted by Crippen LogP contribution is -2.14. The second kappa shape index (κ2) is 7.71. The van der Waals surface area contributed by atoms with Gasteiger partial charge in [0.05, 0.1) is 16.0 Å². The van der Waals surface area contributed by atoms with Crippen molar-refractivity contribution in [3.05, 3.63) is 48.0 Å². The molecule has 1 aromatic heterocycles. The van der Waals surface area contributed by atoms with E-state index in [0.717, 1.165) is 42.5 Å². The van der Waals surface area contributed by atoms with Crippen LogP contribution in [0.4, 0.5) is 5.69 Å². The number of aryl methyl sites for hydroxylation is 1. The first-order chi connectivity index (χ1) is 11.7. The van der Waals surface area contributed by atoms with Gasteiger partial charge in [0.15, 0.2) is 4.34 Å². The third kappa shape index (κ3) is 4.09. The third-order valence-corrected chi connectivity index (χ3v) is 6.00. The van der Waals surface area contributed by atoms with E-state index < -0.39 is 0 Å². The van der Waals surface area contributed by atoms with E-state index in [1.165, 1.54) is 11.8 Å². The van der Waals surface area contributed by atoms with E-state index in [-0.39, 0.29) is 5.91 Å². The quantitative estimate of drug-likeness (QED) is 0.510. The fourth-order valence-corrected chi connectivity index (χ4v) is 4.46. The maximum absolute atomic E-state index is 12.2. The van der Waals surface area contributed by atoms with Crippen LogP contribution in [0.1, 0.15) is 5.56 Å². The molecular formula is C17H13N3OS3. The van der Waals surface area contributed by atoms with Crippen molar-refractivity contribution in [1.29, 1.82) is 5.26 Å². The number of nitrogens with zero attached hydrogens (tertiary/aromatic N) is 2. The highest BCUT2D eigenvalue weighted by Crippen LogP contribution is 2.29. The van der Waals surface area contributed by atoms with E-state index in [4.69, 9.17) is 5.26 Å². The summed E-state index contributed by atoms with van der Waals surface area (Å²) < 4.78 is 2.02. The number of nitriles is 1. The molecule has 4 nitrogen and oxygen atoms in total. The molecule has 0 spiro atoms. The van der Waals surface area contributed by atoms with Crippen molar-refractivity contribution in [2.45, 2.75) is 16.2 Å².